The van der Waals surface area contributed by atoms with Gasteiger partial charge in [0.05, 0.1) is 13.1 Å². The monoisotopic (exact) mass is 402 g/mol. The van der Waals surface area contributed by atoms with Gasteiger partial charge in [-0.2, -0.15) is 0 Å². The number of ether oxygens (including phenoxy) is 2. The predicted octanol–water partition coefficient (Wildman–Crippen LogP) is 2.80. The second-order valence-corrected chi connectivity index (χ2v) is 6.32. The van der Waals surface area contributed by atoms with Crippen LogP contribution in [-0.2, 0) is 4.79 Å². The molecule has 0 aromatic heterocycles. The van der Waals surface area contributed by atoms with E-state index in [0.29, 0.717) is 42.8 Å². The van der Waals surface area contributed by atoms with Crippen LogP contribution in [0.3, 0.4) is 0 Å². The molecule has 156 valence electrons. The number of halogens is 1. The molecule has 0 radical (unpaired) electrons. The van der Waals surface area contributed by atoms with Gasteiger partial charge in [0.2, 0.25) is 5.91 Å². The van der Waals surface area contributed by atoms with Crippen molar-refractivity contribution in [3.63, 3.8) is 0 Å². The molecule has 0 saturated carbocycles. The average molecular weight is 402 g/mol. The molecule has 2 aromatic rings. The number of nitrogens with one attached hydrogen (secondary N) is 3. The Kier molecular flexibility index (Phi) is 8.75. The van der Waals surface area contributed by atoms with Crippen molar-refractivity contribution in [3.05, 3.63) is 54.3 Å². The molecule has 0 saturated heterocycles. The van der Waals surface area contributed by atoms with E-state index >= 15 is 0 Å². The molecular formula is C21H27FN4O3. The Balaban J connectivity index is 1.69. The molecule has 8 heteroatoms. The first kappa shape index (κ1) is 22.0. The van der Waals surface area contributed by atoms with Gasteiger partial charge in [0.15, 0.2) is 5.96 Å². The minimum absolute atomic E-state index is 0.130. The Morgan fingerprint density at radius 2 is 1.90 bits per heavy atom. The van der Waals surface area contributed by atoms with Crippen LogP contribution in [0.1, 0.15) is 13.8 Å². The number of hydrogen-bond donors (Lipinski definition) is 3. The van der Waals surface area contributed by atoms with Gasteiger partial charge in [0, 0.05) is 31.8 Å². The van der Waals surface area contributed by atoms with Gasteiger partial charge in [-0.15, -0.1) is 0 Å². The van der Waals surface area contributed by atoms with Crippen molar-refractivity contribution in [1.82, 2.24) is 10.6 Å². The summed E-state index contributed by atoms with van der Waals surface area (Å²) in [6, 6.07) is 13.2. The lowest BCUT2D eigenvalue weighted by molar-refractivity contribution is -0.114. The fourth-order valence-corrected chi connectivity index (χ4v) is 2.48. The van der Waals surface area contributed by atoms with Crippen LogP contribution in [0.15, 0.2) is 53.5 Å². The van der Waals surface area contributed by atoms with Crippen molar-refractivity contribution in [3.8, 4) is 11.5 Å². The molecule has 0 aliphatic carbocycles. The first-order valence-corrected chi connectivity index (χ1v) is 9.33. The third-order valence-electron chi connectivity index (χ3n) is 3.73. The Labute approximate surface area is 170 Å². The number of amides is 1. The maximum absolute atomic E-state index is 13.2. The molecule has 1 amide bonds. The fraction of sp³-hybridized carbons (Fsp3) is 0.333. The largest absolute Gasteiger partial charge is 0.492 e. The third kappa shape index (κ3) is 8.50. The van der Waals surface area contributed by atoms with Gasteiger partial charge in [0.25, 0.3) is 0 Å². The van der Waals surface area contributed by atoms with Crippen LogP contribution >= 0.6 is 0 Å². The molecule has 0 spiro atoms. The van der Waals surface area contributed by atoms with E-state index in [1.807, 2.05) is 19.1 Å². The lowest BCUT2D eigenvalue weighted by Crippen LogP contribution is -2.43. The normalized spacial score (nSPS) is 12.1. The molecule has 1 unspecified atom stereocenters. The zero-order chi connectivity index (χ0) is 21.1. The van der Waals surface area contributed by atoms with Crippen LogP contribution in [0.2, 0.25) is 0 Å². The van der Waals surface area contributed by atoms with Crippen molar-refractivity contribution in [2.75, 3.05) is 32.1 Å². The lowest BCUT2D eigenvalue weighted by Gasteiger charge is -2.18. The Morgan fingerprint density at radius 1 is 1.14 bits per heavy atom. The average Bonchev–Trinajstić information content (AvgIpc) is 2.67. The first-order chi connectivity index (χ1) is 14.0. The maximum atomic E-state index is 13.2. The van der Waals surface area contributed by atoms with Crippen LogP contribution < -0.4 is 25.4 Å². The number of aliphatic imine (C=N–C) groups is 1. The Bertz CT molecular complexity index is 829. The number of anilines is 1. The van der Waals surface area contributed by atoms with E-state index in [4.69, 9.17) is 9.47 Å². The van der Waals surface area contributed by atoms with Crippen molar-refractivity contribution in [2.24, 2.45) is 4.99 Å². The molecule has 0 fully saturated rings. The highest BCUT2D eigenvalue weighted by Crippen LogP contribution is 2.17. The van der Waals surface area contributed by atoms with Crippen molar-refractivity contribution < 1.29 is 18.7 Å². The van der Waals surface area contributed by atoms with Gasteiger partial charge >= 0.3 is 0 Å². The molecule has 0 bridgehead atoms. The second kappa shape index (κ2) is 11.5. The van der Waals surface area contributed by atoms with Gasteiger partial charge < -0.3 is 25.4 Å². The highest BCUT2D eigenvalue weighted by molar-refractivity contribution is 5.88. The molecule has 2 aromatic carbocycles. The molecule has 1 atom stereocenters. The predicted molar refractivity (Wildman–Crippen MR) is 112 cm³/mol. The zero-order valence-electron chi connectivity index (χ0n) is 16.9. The number of rotatable bonds is 9. The van der Waals surface area contributed by atoms with Gasteiger partial charge in [0.1, 0.15) is 30.0 Å². The number of carbonyl (C=O) groups excluding carboxylic acids is 1. The number of benzene rings is 2. The first-order valence-electron chi connectivity index (χ1n) is 9.33. The van der Waals surface area contributed by atoms with Crippen molar-refractivity contribution in [2.45, 2.75) is 20.0 Å². The van der Waals surface area contributed by atoms with Crippen LogP contribution in [-0.4, -0.2) is 44.7 Å². The second-order valence-electron chi connectivity index (χ2n) is 6.32. The quantitative estimate of drug-likeness (QED) is 0.341. The SMILES string of the molecule is CN=C(NCCOc1cccc(NC(C)=O)c1)NCC(C)Oc1cccc(F)c1. The number of hydrogen-bond acceptors (Lipinski definition) is 4. The Hall–Kier alpha value is -3.29. The smallest absolute Gasteiger partial charge is 0.221 e. The molecule has 2 rings (SSSR count). The van der Waals surface area contributed by atoms with Crippen molar-refractivity contribution in [1.29, 1.82) is 0 Å². The van der Waals surface area contributed by atoms with Gasteiger partial charge in [-0.3, -0.25) is 9.79 Å². The Morgan fingerprint density at radius 3 is 2.62 bits per heavy atom. The van der Waals surface area contributed by atoms with E-state index in [2.05, 4.69) is 20.9 Å². The summed E-state index contributed by atoms with van der Waals surface area (Å²) in [4.78, 5) is 15.3. The topological polar surface area (TPSA) is 84.0 Å². The lowest BCUT2D eigenvalue weighted by atomic mass is 10.3. The standard InChI is InChI=1S/C21H27FN4O3/c1-15(29-20-9-4-6-17(22)12-20)14-25-21(23-3)24-10-11-28-19-8-5-7-18(13-19)26-16(2)27/h4-9,12-13,15H,10-11,14H2,1-3H3,(H,26,27)(H2,23,24,25). The minimum Gasteiger partial charge on any atom is -0.492 e. The summed E-state index contributed by atoms with van der Waals surface area (Å²) >= 11 is 0. The highest BCUT2D eigenvalue weighted by Gasteiger charge is 2.06. The molecule has 29 heavy (non-hydrogen) atoms. The number of nitrogens with zero attached hydrogens (tertiary/aromatic N) is 1. The van der Waals surface area contributed by atoms with Gasteiger partial charge in [-0.25, -0.2) is 4.39 Å². The molecule has 7 nitrogen and oxygen atoms in total. The molecule has 3 N–H and O–H groups in total. The van der Waals surface area contributed by atoms with E-state index in [-0.39, 0.29) is 17.8 Å². The summed E-state index contributed by atoms with van der Waals surface area (Å²) in [6.07, 6.45) is -0.178. The van der Waals surface area contributed by atoms with E-state index < -0.39 is 0 Å². The van der Waals surface area contributed by atoms with E-state index in [1.165, 1.54) is 19.1 Å². The molecular weight excluding hydrogens is 375 g/mol. The van der Waals surface area contributed by atoms with Crippen LogP contribution in [0.25, 0.3) is 0 Å². The number of carbonyl (C=O) groups is 1. The summed E-state index contributed by atoms with van der Waals surface area (Å²) in [5.74, 6) is 1.29. The van der Waals surface area contributed by atoms with Crippen molar-refractivity contribution >= 4 is 17.6 Å². The maximum Gasteiger partial charge on any atom is 0.221 e. The van der Waals surface area contributed by atoms with E-state index in [1.54, 1.807) is 31.3 Å². The van der Waals surface area contributed by atoms with Crippen LogP contribution in [0.4, 0.5) is 10.1 Å². The van der Waals surface area contributed by atoms with Crippen LogP contribution in [0.5, 0.6) is 11.5 Å². The summed E-state index contributed by atoms with van der Waals surface area (Å²) in [7, 11) is 1.67. The zero-order valence-corrected chi connectivity index (χ0v) is 16.9. The molecule has 0 aliphatic rings. The van der Waals surface area contributed by atoms with E-state index in [0.717, 1.165) is 0 Å². The molecule has 0 heterocycles. The summed E-state index contributed by atoms with van der Waals surface area (Å²) < 4.78 is 24.6. The van der Waals surface area contributed by atoms with Gasteiger partial charge in [-0.1, -0.05) is 12.1 Å². The van der Waals surface area contributed by atoms with Gasteiger partial charge in [-0.05, 0) is 31.2 Å². The summed E-state index contributed by atoms with van der Waals surface area (Å²) in [5.41, 5.74) is 0.688. The van der Waals surface area contributed by atoms with E-state index in [9.17, 15) is 9.18 Å². The third-order valence-corrected chi connectivity index (χ3v) is 3.73. The summed E-state index contributed by atoms with van der Waals surface area (Å²) in [6.45, 7) is 4.79. The number of guanidine groups is 1. The molecule has 0 aliphatic heterocycles. The minimum atomic E-state index is -0.331. The summed E-state index contributed by atoms with van der Waals surface area (Å²) in [5, 5.41) is 9.01. The fourth-order valence-electron chi connectivity index (χ4n) is 2.48. The highest BCUT2D eigenvalue weighted by atomic mass is 19.1. The van der Waals surface area contributed by atoms with Crippen LogP contribution in [0, 0.1) is 5.82 Å².